The van der Waals surface area contributed by atoms with Gasteiger partial charge in [-0.3, -0.25) is 0 Å². The third kappa shape index (κ3) is 3.42. The molecule has 0 aromatic heterocycles. The summed E-state index contributed by atoms with van der Waals surface area (Å²) in [5, 5.41) is 3.35. The minimum Gasteiger partial charge on any atom is -0.465 e. The van der Waals surface area contributed by atoms with Crippen LogP contribution in [0.2, 0.25) is 0 Å². The summed E-state index contributed by atoms with van der Waals surface area (Å²) >= 11 is 0. The largest absolute Gasteiger partial charge is 0.465 e. The first-order valence-electron chi connectivity index (χ1n) is 6.83. The summed E-state index contributed by atoms with van der Waals surface area (Å²) in [4.78, 5) is 11.5. The number of hydrogen-bond acceptors (Lipinski definition) is 5. The zero-order valence-electron chi connectivity index (χ0n) is 12.1. The fourth-order valence-corrected chi connectivity index (χ4v) is 2.30. The van der Waals surface area contributed by atoms with Crippen LogP contribution in [-0.2, 0) is 9.47 Å². The number of esters is 1. The molecule has 0 amide bonds. The molecule has 0 atom stereocenters. The Labute approximate surface area is 119 Å². The summed E-state index contributed by atoms with van der Waals surface area (Å²) in [5.74, 6) is -0.356. The molecule has 0 radical (unpaired) electrons. The Morgan fingerprint density at radius 3 is 2.80 bits per heavy atom. The molecule has 2 rings (SSSR count). The Balaban J connectivity index is 2.06. The number of rotatable bonds is 4. The maximum atomic E-state index is 11.5. The Morgan fingerprint density at radius 2 is 2.15 bits per heavy atom. The molecule has 110 valence electrons. The maximum Gasteiger partial charge on any atom is 0.337 e. The van der Waals surface area contributed by atoms with Crippen LogP contribution in [0.5, 0.6) is 0 Å². The van der Waals surface area contributed by atoms with Crippen LogP contribution in [0, 0.1) is 5.41 Å². The van der Waals surface area contributed by atoms with Crippen molar-refractivity contribution >= 4 is 17.3 Å². The Hall–Kier alpha value is -1.75. The molecule has 1 fully saturated rings. The first-order chi connectivity index (χ1) is 9.54. The maximum absolute atomic E-state index is 11.5. The summed E-state index contributed by atoms with van der Waals surface area (Å²) in [5.41, 5.74) is 8.06. The Morgan fingerprint density at radius 1 is 1.45 bits per heavy atom. The van der Waals surface area contributed by atoms with Gasteiger partial charge in [-0.2, -0.15) is 0 Å². The van der Waals surface area contributed by atoms with E-state index in [4.69, 9.17) is 15.2 Å². The molecule has 0 aliphatic carbocycles. The van der Waals surface area contributed by atoms with Gasteiger partial charge in [-0.05, 0) is 36.5 Å². The van der Waals surface area contributed by atoms with Gasteiger partial charge in [-0.15, -0.1) is 0 Å². The van der Waals surface area contributed by atoms with Gasteiger partial charge < -0.3 is 20.5 Å². The third-order valence-electron chi connectivity index (χ3n) is 3.88. The van der Waals surface area contributed by atoms with Crippen LogP contribution in [0.3, 0.4) is 0 Å². The molecule has 1 aliphatic rings. The highest BCUT2D eigenvalue weighted by Gasteiger charge is 2.27. The number of carbonyl (C=O) groups excluding carboxylic acids is 1. The van der Waals surface area contributed by atoms with Gasteiger partial charge in [-0.25, -0.2) is 4.79 Å². The number of anilines is 2. The lowest BCUT2D eigenvalue weighted by Crippen LogP contribution is -2.33. The minimum atomic E-state index is -0.356. The molecule has 1 aromatic rings. The molecule has 0 spiro atoms. The summed E-state index contributed by atoms with van der Waals surface area (Å²) in [6, 6.07) is 5.13. The number of hydrogen-bond donors (Lipinski definition) is 2. The molecule has 0 saturated carbocycles. The lowest BCUT2D eigenvalue weighted by molar-refractivity contribution is 0.0300. The van der Waals surface area contributed by atoms with Crippen molar-refractivity contribution in [2.75, 3.05) is 37.9 Å². The van der Waals surface area contributed by atoms with Crippen molar-refractivity contribution in [2.24, 2.45) is 5.41 Å². The van der Waals surface area contributed by atoms with E-state index < -0.39 is 0 Å². The van der Waals surface area contributed by atoms with Crippen LogP contribution in [0.4, 0.5) is 11.4 Å². The van der Waals surface area contributed by atoms with Crippen LogP contribution in [0.15, 0.2) is 18.2 Å². The van der Waals surface area contributed by atoms with E-state index in [2.05, 4.69) is 12.2 Å². The molecule has 5 nitrogen and oxygen atoms in total. The highest BCUT2D eigenvalue weighted by atomic mass is 16.5. The van der Waals surface area contributed by atoms with Crippen LogP contribution in [0.25, 0.3) is 0 Å². The van der Waals surface area contributed by atoms with Gasteiger partial charge in [0, 0.05) is 19.8 Å². The smallest absolute Gasteiger partial charge is 0.337 e. The van der Waals surface area contributed by atoms with E-state index >= 15 is 0 Å². The highest BCUT2D eigenvalue weighted by molar-refractivity contribution is 5.91. The summed E-state index contributed by atoms with van der Waals surface area (Å²) in [6.45, 7) is 4.65. The van der Waals surface area contributed by atoms with E-state index in [0.29, 0.717) is 11.3 Å². The molecule has 1 aromatic carbocycles. The molecule has 0 bridgehead atoms. The number of methoxy groups -OCH3 is 1. The molecule has 3 N–H and O–H groups in total. The number of nitrogens with two attached hydrogens (primary N) is 1. The zero-order chi connectivity index (χ0) is 14.6. The average Bonchev–Trinajstić information content (AvgIpc) is 2.46. The molecule has 1 saturated heterocycles. The standard InChI is InChI=1S/C15H22N2O3/c1-15(5-7-20-8-6-15)10-17-13-9-11(14(18)19-2)3-4-12(13)16/h3-4,9,17H,5-8,10,16H2,1-2H3. The van der Waals surface area contributed by atoms with Crippen molar-refractivity contribution in [3.63, 3.8) is 0 Å². The number of ether oxygens (including phenoxy) is 2. The quantitative estimate of drug-likeness (QED) is 0.653. The summed E-state index contributed by atoms with van der Waals surface area (Å²) < 4.78 is 10.1. The fourth-order valence-electron chi connectivity index (χ4n) is 2.30. The Kier molecular flexibility index (Phi) is 4.49. The lowest BCUT2D eigenvalue weighted by atomic mass is 9.82. The van der Waals surface area contributed by atoms with E-state index in [1.807, 2.05) is 0 Å². The van der Waals surface area contributed by atoms with Gasteiger partial charge in [0.1, 0.15) is 0 Å². The van der Waals surface area contributed by atoms with Crippen molar-refractivity contribution in [1.29, 1.82) is 0 Å². The monoisotopic (exact) mass is 278 g/mol. The molecule has 1 heterocycles. The van der Waals surface area contributed by atoms with Crippen LogP contribution >= 0.6 is 0 Å². The molecule has 5 heteroatoms. The van der Waals surface area contributed by atoms with Crippen molar-refractivity contribution in [1.82, 2.24) is 0 Å². The second-order valence-electron chi connectivity index (χ2n) is 5.57. The van der Waals surface area contributed by atoms with E-state index in [-0.39, 0.29) is 11.4 Å². The van der Waals surface area contributed by atoms with Gasteiger partial charge in [0.25, 0.3) is 0 Å². The molecule has 0 unspecified atom stereocenters. The minimum absolute atomic E-state index is 0.200. The Bertz CT molecular complexity index is 482. The normalized spacial score (nSPS) is 17.5. The van der Waals surface area contributed by atoms with Crippen molar-refractivity contribution in [3.05, 3.63) is 23.8 Å². The van der Waals surface area contributed by atoms with E-state index in [0.717, 1.165) is 38.3 Å². The molecule has 1 aliphatic heterocycles. The zero-order valence-corrected chi connectivity index (χ0v) is 12.1. The lowest BCUT2D eigenvalue weighted by Gasteiger charge is -2.34. The van der Waals surface area contributed by atoms with E-state index in [1.54, 1.807) is 18.2 Å². The van der Waals surface area contributed by atoms with Crippen molar-refractivity contribution < 1.29 is 14.3 Å². The van der Waals surface area contributed by atoms with Crippen LogP contribution in [0.1, 0.15) is 30.1 Å². The first-order valence-corrected chi connectivity index (χ1v) is 6.83. The SMILES string of the molecule is COC(=O)c1ccc(N)c(NCC2(C)CCOCC2)c1. The van der Waals surface area contributed by atoms with Crippen LogP contribution < -0.4 is 11.1 Å². The molecule has 20 heavy (non-hydrogen) atoms. The topological polar surface area (TPSA) is 73.6 Å². The van der Waals surface area contributed by atoms with Gasteiger partial charge in [0.05, 0.1) is 24.0 Å². The average molecular weight is 278 g/mol. The van der Waals surface area contributed by atoms with Gasteiger partial charge in [-0.1, -0.05) is 6.92 Å². The third-order valence-corrected chi connectivity index (χ3v) is 3.88. The van der Waals surface area contributed by atoms with E-state index in [1.165, 1.54) is 7.11 Å². The van der Waals surface area contributed by atoms with Crippen LogP contribution in [-0.4, -0.2) is 32.8 Å². The summed E-state index contributed by atoms with van der Waals surface area (Å²) in [6.07, 6.45) is 2.05. The fraction of sp³-hybridized carbons (Fsp3) is 0.533. The second-order valence-corrected chi connectivity index (χ2v) is 5.57. The van der Waals surface area contributed by atoms with Gasteiger partial charge in [0.15, 0.2) is 0 Å². The second kappa shape index (κ2) is 6.13. The van der Waals surface area contributed by atoms with Crippen molar-refractivity contribution in [3.8, 4) is 0 Å². The van der Waals surface area contributed by atoms with Crippen molar-refractivity contribution in [2.45, 2.75) is 19.8 Å². The number of carbonyl (C=O) groups is 1. The predicted octanol–water partition coefficient (Wildman–Crippen LogP) is 2.28. The van der Waals surface area contributed by atoms with E-state index in [9.17, 15) is 4.79 Å². The predicted molar refractivity (Wildman–Crippen MR) is 78.8 cm³/mol. The number of benzene rings is 1. The molecular formula is C15H22N2O3. The highest BCUT2D eigenvalue weighted by Crippen LogP contribution is 2.31. The number of nitrogens with one attached hydrogen (secondary N) is 1. The van der Waals surface area contributed by atoms with Gasteiger partial charge >= 0.3 is 5.97 Å². The van der Waals surface area contributed by atoms with Gasteiger partial charge in [0.2, 0.25) is 0 Å². The molecular weight excluding hydrogens is 256 g/mol. The number of nitrogen functional groups attached to an aromatic ring is 1. The first kappa shape index (κ1) is 14.7. The summed E-state index contributed by atoms with van der Waals surface area (Å²) in [7, 11) is 1.37.